The lowest BCUT2D eigenvalue weighted by atomic mass is 10.1. The molecule has 0 saturated heterocycles. The molecule has 1 unspecified atom stereocenters. The van der Waals surface area contributed by atoms with Gasteiger partial charge in [0, 0.05) is 30.5 Å². The Balaban J connectivity index is 0.00000264. The summed E-state index contributed by atoms with van der Waals surface area (Å²) < 4.78 is 5.55. The summed E-state index contributed by atoms with van der Waals surface area (Å²) in [5.74, 6) is 0.581. The van der Waals surface area contributed by atoms with Crippen molar-refractivity contribution < 1.29 is 9.53 Å². The van der Waals surface area contributed by atoms with E-state index in [9.17, 15) is 4.79 Å². The zero-order chi connectivity index (χ0) is 15.9. The number of anilines is 1. The molecule has 7 heteroatoms. The fourth-order valence-corrected chi connectivity index (χ4v) is 1.85. The van der Waals surface area contributed by atoms with Crippen molar-refractivity contribution in [1.82, 2.24) is 9.97 Å². The third-order valence-electron chi connectivity index (χ3n) is 3.05. The molecule has 124 valence electrons. The highest BCUT2D eigenvalue weighted by molar-refractivity contribution is 5.91. The summed E-state index contributed by atoms with van der Waals surface area (Å²) in [4.78, 5) is 19.8. The Morgan fingerprint density at radius 3 is 2.65 bits per heavy atom. The molecule has 6 nitrogen and oxygen atoms in total. The van der Waals surface area contributed by atoms with E-state index in [-0.39, 0.29) is 30.4 Å². The smallest absolute Gasteiger partial charge is 0.321 e. The summed E-state index contributed by atoms with van der Waals surface area (Å²) >= 11 is 0. The van der Waals surface area contributed by atoms with E-state index < -0.39 is 0 Å². The first-order chi connectivity index (χ1) is 10.5. The first-order valence-corrected chi connectivity index (χ1v) is 7.15. The highest BCUT2D eigenvalue weighted by Gasteiger charge is 2.08. The van der Waals surface area contributed by atoms with Crippen molar-refractivity contribution >= 4 is 24.0 Å². The first-order valence-electron chi connectivity index (χ1n) is 7.15. The number of ether oxygens (including phenoxy) is 1. The van der Waals surface area contributed by atoms with Crippen LogP contribution in [-0.4, -0.2) is 21.9 Å². The molecular formula is C16H21ClN4O2. The number of halogens is 1. The van der Waals surface area contributed by atoms with E-state index in [1.807, 2.05) is 19.9 Å². The van der Waals surface area contributed by atoms with Gasteiger partial charge in [-0.05, 0) is 50.1 Å². The predicted molar refractivity (Wildman–Crippen MR) is 92.0 cm³/mol. The van der Waals surface area contributed by atoms with Gasteiger partial charge in [-0.25, -0.2) is 9.97 Å². The number of benzene rings is 1. The molecule has 0 saturated carbocycles. The maximum Gasteiger partial charge on any atom is 0.321 e. The number of carbonyl (C=O) groups excluding carboxylic acids is 1. The number of hydrogen-bond acceptors (Lipinski definition) is 5. The molecule has 0 aliphatic carbocycles. The van der Waals surface area contributed by atoms with Crippen molar-refractivity contribution in [1.29, 1.82) is 0 Å². The number of amides is 1. The molecule has 1 atom stereocenters. The van der Waals surface area contributed by atoms with E-state index in [2.05, 4.69) is 15.3 Å². The average Bonchev–Trinajstić information content (AvgIpc) is 2.49. The molecule has 0 aliphatic rings. The van der Waals surface area contributed by atoms with Gasteiger partial charge in [0.05, 0.1) is 0 Å². The van der Waals surface area contributed by atoms with Gasteiger partial charge >= 0.3 is 6.01 Å². The van der Waals surface area contributed by atoms with Gasteiger partial charge in [0.15, 0.2) is 0 Å². The maximum atomic E-state index is 11.8. The van der Waals surface area contributed by atoms with Gasteiger partial charge in [-0.3, -0.25) is 4.79 Å². The second kappa shape index (κ2) is 9.07. The number of carbonyl (C=O) groups is 1. The molecule has 1 aromatic carbocycles. The molecule has 0 radical (unpaired) electrons. The lowest BCUT2D eigenvalue weighted by molar-refractivity contribution is -0.116. The van der Waals surface area contributed by atoms with E-state index in [0.717, 1.165) is 11.3 Å². The SMILES string of the molecule is Cc1cc(Oc2ncccn2)ccc1NC(=O)CCC(C)N.Cl. The van der Waals surface area contributed by atoms with Crippen LogP contribution in [0.2, 0.25) is 0 Å². The van der Waals surface area contributed by atoms with Crippen LogP contribution in [0.5, 0.6) is 11.8 Å². The largest absolute Gasteiger partial charge is 0.424 e. The molecule has 1 amide bonds. The average molecular weight is 337 g/mol. The summed E-state index contributed by atoms with van der Waals surface area (Å²) in [7, 11) is 0. The minimum atomic E-state index is -0.0412. The van der Waals surface area contributed by atoms with Gasteiger partial charge in [-0.1, -0.05) is 0 Å². The van der Waals surface area contributed by atoms with Crippen molar-refractivity contribution in [3.05, 3.63) is 42.2 Å². The van der Waals surface area contributed by atoms with Gasteiger partial charge < -0.3 is 15.8 Å². The molecule has 2 rings (SSSR count). The second-order valence-corrected chi connectivity index (χ2v) is 5.17. The molecule has 0 aliphatic heterocycles. The van der Waals surface area contributed by atoms with E-state index in [0.29, 0.717) is 18.6 Å². The molecule has 3 N–H and O–H groups in total. The monoisotopic (exact) mass is 336 g/mol. The van der Waals surface area contributed by atoms with Gasteiger partial charge in [0.2, 0.25) is 5.91 Å². The Labute approximate surface area is 141 Å². The zero-order valence-corrected chi connectivity index (χ0v) is 14.0. The predicted octanol–water partition coefficient (Wildman–Crippen LogP) is 3.07. The number of nitrogens with zero attached hydrogens (tertiary/aromatic N) is 2. The molecule has 0 fully saturated rings. The van der Waals surface area contributed by atoms with Crippen LogP contribution in [0.25, 0.3) is 0 Å². The lowest BCUT2D eigenvalue weighted by Gasteiger charge is -2.11. The molecule has 2 aromatic rings. The Morgan fingerprint density at radius 2 is 2.04 bits per heavy atom. The highest BCUT2D eigenvalue weighted by atomic mass is 35.5. The normalized spacial score (nSPS) is 11.3. The third-order valence-corrected chi connectivity index (χ3v) is 3.05. The van der Waals surface area contributed by atoms with Crippen LogP contribution in [0.4, 0.5) is 5.69 Å². The Morgan fingerprint density at radius 1 is 1.35 bits per heavy atom. The number of nitrogens with two attached hydrogens (primary N) is 1. The Bertz CT molecular complexity index is 635. The summed E-state index contributed by atoms with van der Waals surface area (Å²) in [5.41, 5.74) is 7.31. The van der Waals surface area contributed by atoms with Crippen LogP contribution in [0.15, 0.2) is 36.7 Å². The third kappa shape index (κ3) is 6.22. The van der Waals surface area contributed by atoms with E-state index in [4.69, 9.17) is 10.5 Å². The minimum Gasteiger partial charge on any atom is -0.424 e. The number of rotatable bonds is 6. The summed E-state index contributed by atoms with van der Waals surface area (Å²) in [6.07, 6.45) is 4.30. The maximum absolute atomic E-state index is 11.8. The van der Waals surface area contributed by atoms with Crippen molar-refractivity contribution in [2.45, 2.75) is 32.7 Å². The van der Waals surface area contributed by atoms with Crippen LogP contribution in [0.1, 0.15) is 25.3 Å². The number of aryl methyl sites for hydroxylation is 1. The Kier molecular flexibility index (Phi) is 7.44. The summed E-state index contributed by atoms with van der Waals surface area (Å²) in [6, 6.07) is 7.43. The van der Waals surface area contributed by atoms with Crippen molar-refractivity contribution in [3.63, 3.8) is 0 Å². The van der Waals surface area contributed by atoms with E-state index in [1.54, 1.807) is 30.6 Å². The standard InChI is InChI=1S/C16H20N4O2.ClH/c1-11-10-13(22-16-18-8-3-9-19-16)5-6-14(11)20-15(21)7-4-12(2)17;/h3,5-6,8-10,12H,4,7,17H2,1-2H3,(H,20,21);1H. The van der Waals surface area contributed by atoms with Gasteiger partial charge in [0.25, 0.3) is 0 Å². The van der Waals surface area contributed by atoms with Crippen LogP contribution in [0, 0.1) is 6.92 Å². The number of nitrogens with one attached hydrogen (secondary N) is 1. The molecule has 1 heterocycles. The van der Waals surface area contributed by atoms with E-state index >= 15 is 0 Å². The topological polar surface area (TPSA) is 90.1 Å². The molecule has 0 spiro atoms. The molecular weight excluding hydrogens is 316 g/mol. The van der Waals surface area contributed by atoms with Crippen LogP contribution in [0.3, 0.4) is 0 Å². The van der Waals surface area contributed by atoms with Gasteiger partial charge in [-0.2, -0.15) is 0 Å². The van der Waals surface area contributed by atoms with Crippen molar-refractivity contribution in [2.75, 3.05) is 5.32 Å². The minimum absolute atomic E-state index is 0. The Hall–Kier alpha value is -2.18. The van der Waals surface area contributed by atoms with Gasteiger partial charge in [0.1, 0.15) is 5.75 Å². The number of aromatic nitrogens is 2. The molecule has 1 aromatic heterocycles. The molecule has 0 bridgehead atoms. The van der Waals surface area contributed by atoms with Crippen LogP contribution in [-0.2, 0) is 4.79 Å². The van der Waals surface area contributed by atoms with Crippen molar-refractivity contribution in [3.8, 4) is 11.8 Å². The van der Waals surface area contributed by atoms with E-state index in [1.165, 1.54) is 0 Å². The second-order valence-electron chi connectivity index (χ2n) is 5.17. The van der Waals surface area contributed by atoms with Crippen LogP contribution < -0.4 is 15.8 Å². The summed E-state index contributed by atoms with van der Waals surface area (Å²) in [6.45, 7) is 3.79. The van der Waals surface area contributed by atoms with Crippen molar-refractivity contribution in [2.24, 2.45) is 5.73 Å². The summed E-state index contributed by atoms with van der Waals surface area (Å²) in [5, 5.41) is 2.88. The zero-order valence-electron chi connectivity index (χ0n) is 13.2. The first kappa shape index (κ1) is 18.9. The quantitative estimate of drug-likeness (QED) is 0.846. The fourth-order valence-electron chi connectivity index (χ4n) is 1.85. The molecule has 23 heavy (non-hydrogen) atoms. The van der Waals surface area contributed by atoms with Gasteiger partial charge in [-0.15, -0.1) is 12.4 Å². The lowest BCUT2D eigenvalue weighted by Crippen LogP contribution is -2.19. The number of hydrogen-bond donors (Lipinski definition) is 2. The van der Waals surface area contributed by atoms with Crippen LogP contribution >= 0.6 is 12.4 Å². The fraction of sp³-hybridized carbons (Fsp3) is 0.312. The highest BCUT2D eigenvalue weighted by Crippen LogP contribution is 2.24.